The fourth-order valence-corrected chi connectivity index (χ4v) is 5.85. The van der Waals surface area contributed by atoms with Gasteiger partial charge in [-0.1, -0.05) is 17.7 Å². The first kappa shape index (κ1) is 25.4. The van der Waals surface area contributed by atoms with E-state index in [2.05, 4.69) is 10.0 Å². The van der Waals surface area contributed by atoms with Crippen molar-refractivity contribution in [3.63, 3.8) is 0 Å². The van der Waals surface area contributed by atoms with Gasteiger partial charge >= 0.3 is 0 Å². The number of amides is 1. The molecule has 12 heteroatoms. The van der Waals surface area contributed by atoms with Gasteiger partial charge in [0.1, 0.15) is 0 Å². The van der Waals surface area contributed by atoms with Crippen LogP contribution in [0, 0.1) is 12.8 Å². The van der Waals surface area contributed by atoms with Gasteiger partial charge < -0.3 is 5.32 Å². The Labute approximate surface area is 200 Å². The Morgan fingerprint density at radius 2 is 1.70 bits per heavy atom. The van der Waals surface area contributed by atoms with Gasteiger partial charge in [-0.2, -0.15) is 17.0 Å². The van der Waals surface area contributed by atoms with Crippen LogP contribution in [-0.2, 0) is 25.0 Å². The smallest absolute Gasteiger partial charge is 0.281 e. The minimum atomic E-state index is -3.84. The van der Waals surface area contributed by atoms with Gasteiger partial charge in [0.05, 0.1) is 16.5 Å². The van der Waals surface area contributed by atoms with Crippen molar-refractivity contribution in [2.45, 2.75) is 24.7 Å². The molecule has 9 nitrogen and oxygen atoms in total. The Bertz CT molecular complexity index is 1230. The fraction of sp³-hybridized carbons (Fsp3) is 0.381. The zero-order valence-corrected chi connectivity index (χ0v) is 21.0. The molecule has 1 fully saturated rings. The average molecular weight is 515 g/mol. The number of nitrogens with one attached hydrogen (secondary N) is 2. The highest BCUT2D eigenvalue weighted by molar-refractivity contribution is 7.92. The molecule has 0 spiro atoms. The maximum Gasteiger partial charge on any atom is 0.281 e. The lowest BCUT2D eigenvalue weighted by Gasteiger charge is -2.32. The second-order valence-electron chi connectivity index (χ2n) is 8.07. The molecule has 0 aromatic heterocycles. The summed E-state index contributed by atoms with van der Waals surface area (Å²) in [6, 6.07) is 10.6. The van der Waals surface area contributed by atoms with E-state index in [0.29, 0.717) is 35.8 Å². The number of carbonyl (C=O) groups excluding carboxylic acids is 1. The van der Waals surface area contributed by atoms with Gasteiger partial charge in [-0.15, -0.1) is 0 Å². The first-order chi connectivity index (χ1) is 15.4. The van der Waals surface area contributed by atoms with E-state index in [9.17, 15) is 21.6 Å². The molecular weight excluding hydrogens is 488 g/mol. The van der Waals surface area contributed by atoms with Crippen molar-refractivity contribution in [3.05, 3.63) is 53.1 Å². The van der Waals surface area contributed by atoms with Gasteiger partial charge in [0, 0.05) is 37.9 Å². The number of hydrogen-bond donors (Lipinski definition) is 2. The van der Waals surface area contributed by atoms with Gasteiger partial charge in [-0.25, -0.2) is 8.42 Å². The lowest BCUT2D eigenvalue weighted by molar-refractivity contribution is -0.120. The van der Waals surface area contributed by atoms with Crippen LogP contribution in [0.5, 0.6) is 0 Å². The second-order valence-corrected chi connectivity index (χ2v) is 12.3. The van der Waals surface area contributed by atoms with E-state index in [-0.39, 0.29) is 17.3 Å². The third-order valence-electron chi connectivity index (χ3n) is 5.40. The Morgan fingerprint density at radius 3 is 2.30 bits per heavy atom. The number of carbonyl (C=O) groups is 1. The van der Waals surface area contributed by atoms with Crippen molar-refractivity contribution in [2.75, 3.05) is 37.2 Å². The molecule has 2 N–H and O–H groups in total. The first-order valence-electron chi connectivity index (χ1n) is 10.3. The molecule has 0 aliphatic carbocycles. The van der Waals surface area contributed by atoms with Crippen molar-refractivity contribution in [3.8, 4) is 0 Å². The zero-order chi connectivity index (χ0) is 24.4. The third-order valence-corrected chi connectivity index (χ3v) is 9.11. The third kappa shape index (κ3) is 6.04. The lowest BCUT2D eigenvalue weighted by Crippen LogP contribution is -2.47. The largest absolute Gasteiger partial charge is 0.326 e. The molecule has 1 aliphatic rings. The molecular formula is C21H27ClN4O5S2. The number of piperidine rings is 1. The van der Waals surface area contributed by atoms with E-state index in [1.807, 2.05) is 6.92 Å². The first-order valence-corrected chi connectivity index (χ1v) is 13.5. The van der Waals surface area contributed by atoms with Gasteiger partial charge in [-0.3, -0.25) is 9.52 Å². The summed E-state index contributed by atoms with van der Waals surface area (Å²) in [5, 5.41) is 3.20. The minimum absolute atomic E-state index is 0.0260. The molecule has 180 valence electrons. The normalized spacial score (nSPS) is 17.7. The fourth-order valence-electron chi connectivity index (χ4n) is 3.43. The molecule has 1 heterocycles. The number of halogens is 1. The van der Waals surface area contributed by atoms with Crippen LogP contribution >= 0.6 is 11.6 Å². The number of aryl methyl sites for hydroxylation is 1. The molecule has 1 saturated heterocycles. The van der Waals surface area contributed by atoms with E-state index in [1.54, 1.807) is 12.1 Å². The van der Waals surface area contributed by atoms with Crippen LogP contribution < -0.4 is 10.0 Å². The van der Waals surface area contributed by atoms with Gasteiger partial charge in [-0.05, 0) is 61.7 Å². The minimum Gasteiger partial charge on any atom is -0.326 e. The van der Waals surface area contributed by atoms with Crippen molar-refractivity contribution >= 4 is 49.1 Å². The van der Waals surface area contributed by atoms with Crippen molar-refractivity contribution in [2.24, 2.45) is 5.92 Å². The Morgan fingerprint density at radius 1 is 1.06 bits per heavy atom. The molecule has 1 amide bonds. The topological polar surface area (TPSA) is 116 Å². The Kier molecular flexibility index (Phi) is 7.69. The molecule has 3 rings (SSSR count). The molecule has 0 bridgehead atoms. The Hall–Kier alpha value is -2.18. The average Bonchev–Trinajstić information content (AvgIpc) is 2.76. The second kappa shape index (κ2) is 9.98. The lowest BCUT2D eigenvalue weighted by atomic mass is 9.99. The van der Waals surface area contributed by atoms with Crippen LogP contribution in [-0.4, -0.2) is 58.5 Å². The summed E-state index contributed by atoms with van der Waals surface area (Å²) in [5.74, 6) is -0.804. The highest BCUT2D eigenvalue weighted by atomic mass is 35.5. The van der Waals surface area contributed by atoms with Crippen LogP contribution in [0.25, 0.3) is 0 Å². The quantitative estimate of drug-likeness (QED) is 0.589. The van der Waals surface area contributed by atoms with Crippen molar-refractivity contribution in [1.82, 2.24) is 8.61 Å². The molecule has 33 heavy (non-hydrogen) atoms. The number of benzene rings is 2. The molecule has 0 saturated carbocycles. The standard InChI is InChI=1S/C21H27ClN4O5S2/c1-15-6-7-18(13-20(15)22)24-32(28,29)19-10-8-17(9-11-19)23-21(27)16-5-4-12-26(14-16)33(30,31)25(2)3/h6-11,13,16,24H,4-5,12,14H2,1-3H3,(H,23,27). The highest BCUT2D eigenvalue weighted by Gasteiger charge is 2.33. The molecule has 0 radical (unpaired) electrons. The SMILES string of the molecule is Cc1ccc(NS(=O)(=O)c2ccc(NC(=O)C3CCCN(S(=O)(=O)N(C)C)C3)cc2)cc1Cl. The van der Waals surface area contributed by atoms with Crippen LogP contribution in [0.1, 0.15) is 18.4 Å². The summed E-state index contributed by atoms with van der Waals surface area (Å²) in [6.45, 7) is 2.29. The molecule has 2 aromatic carbocycles. The van der Waals surface area contributed by atoms with E-state index in [4.69, 9.17) is 11.6 Å². The van der Waals surface area contributed by atoms with E-state index < -0.39 is 26.2 Å². The molecule has 1 aliphatic heterocycles. The predicted molar refractivity (Wildman–Crippen MR) is 129 cm³/mol. The van der Waals surface area contributed by atoms with E-state index in [1.165, 1.54) is 48.7 Å². The maximum absolute atomic E-state index is 12.7. The van der Waals surface area contributed by atoms with Crippen molar-refractivity contribution < 1.29 is 21.6 Å². The summed E-state index contributed by atoms with van der Waals surface area (Å²) in [7, 11) is -4.52. The highest BCUT2D eigenvalue weighted by Crippen LogP contribution is 2.25. The van der Waals surface area contributed by atoms with Gasteiger partial charge in [0.25, 0.3) is 20.2 Å². The zero-order valence-electron chi connectivity index (χ0n) is 18.6. The van der Waals surface area contributed by atoms with Gasteiger partial charge in [0.15, 0.2) is 0 Å². The number of anilines is 2. The van der Waals surface area contributed by atoms with Crippen molar-refractivity contribution in [1.29, 1.82) is 0 Å². The number of hydrogen-bond acceptors (Lipinski definition) is 5. The van der Waals surface area contributed by atoms with Crippen LogP contribution in [0.3, 0.4) is 0 Å². The predicted octanol–water partition coefficient (Wildman–Crippen LogP) is 2.91. The molecule has 2 aromatic rings. The summed E-state index contributed by atoms with van der Waals surface area (Å²) in [6.07, 6.45) is 1.15. The molecule has 1 unspecified atom stereocenters. The summed E-state index contributed by atoms with van der Waals surface area (Å²) in [5.41, 5.74) is 1.60. The Balaban J connectivity index is 1.66. The van der Waals surface area contributed by atoms with Crippen LogP contribution in [0.4, 0.5) is 11.4 Å². The van der Waals surface area contributed by atoms with Crippen LogP contribution in [0.15, 0.2) is 47.4 Å². The maximum atomic E-state index is 12.7. The van der Waals surface area contributed by atoms with Gasteiger partial charge in [0.2, 0.25) is 5.91 Å². The summed E-state index contributed by atoms with van der Waals surface area (Å²) >= 11 is 6.06. The summed E-state index contributed by atoms with van der Waals surface area (Å²) in [4.78, 5) is 12.7. The van der Waals surface area contributed by atoms with E-state index in [0.717, 1.165) is 9.87 Å². The van der Waals surface area contributed by atoms with E-state index >= 15 is 0 Å². The summed E-state index contributed by atoms with van der Waals surface area (Å²) < 4.78 is 54.9. The number of rotatable bonds is 7. The van der Waals surface area contributed by atoms with Crippen LogP contribution in [0.2, 0.25) is 5.02 Å². The number of sulfonamides is 1. The number of nitrogens with zero attached hydrogens (tertiary/aromatic N) is 2. The molecule has 1 atom stereocenters. The monoisotopic (exact) mass is 514 g/mol.